The molecule has 2 N–H and O–H groups in total. The van der Waals surface area contributed by atoms with Crippen LogP contribution >= 0.6 is 0 Å². The van der Waals surface area contributed by atoms with Gasteiger partial charge in [-0.3, -0.25) is 0 Å². The number of nitrogens with zero attached hydrogens (tertiary/aromatic N) is 1. The van der Waals surface area contributed by atoms with Crippen LogP contribution in [0.2, 0.25) is 0 Å². The van der Waals surface area contributed by atoms with Gasteiger partial charge >= 0.3 is 0 Å². The van der Waals surface area contributed by atoms with E-state index in [1.165, 1.54) is 0 Å². The normalized spacial score (nSPS) is 17.5. The molecule has 0 amide bonds. The summed E-state index contributed by atoms with van der Waals surface area (Å²) >= 11 is 0. The van der Waals surface area contributed by atoms with Gasteiger partial charge in [-0.05, 0) is 0 Å². The van der Waals surface area contributed by atoms with Crippen molar-refractivity contribution in [3.05, 3.63) is 11.3 Å². The zero-order valence-electron chi connectivity index (χ0n) is 6.17. The fraction of sp³-hybridized carbons (Fsp3) is 0.571. The fourth-order valence-corrected chi connectivity index (χ4v) is 1.26. The quantitative estimate of drug-likeness (QED) is 0.586. The second-order valence-electron chi connectivity index (χ2n) is 2.58. The lowest BCUT2D eigenvalue weighted by Crippen LogP contribution is -1.97. The first kappa shape index (κ1) is 6.67. The summed E-state index contributed by atoms with van der Waals surface area (Å²) in [5.41, 5.74) is 6.60. The average Bonchev–Trinajstić information content (AvgIpc) is 2.25. The number of rotatable bonds is 0. The molecule has 1 aromatic heterocycles. The number of anilines is 1. The van der Waals surface area contributed by atoms with Gasteiger partial charge in [0.2, 0.25) is 0 Å². The fourth-order valence-electron chi connectivity index (χ4n) is 1.26. The number of nitrogen functional groups attached to an aromatic ring is 1. The molecule has 60 valence electrons. The molecule has 0 bridgehead atoms. The van der Waals surface area contributed by atoms with Crippen molar-refractivity contribution >= 4 is 5.82 Å². The van der Waals surface area contributed by atoms with Gasteiger partial charge in [0.25, 0.3) is 0 Å². The van der Waals surface area contributed by atoms with Crippen molar-refractivity contribution in [2.24, 2.45) is 0 Å². The van der Waals surface area contributed by atoms with Crippen LogP contribution in [0.3, 0.4) is 0 Å². The highest BCUT2D eigenvalue weighted by Gasteiger charge is 2.15. The predicted molar refractivity (Wildman–Crippen MR) is 39.1 cm³/mol. The molecular formula is C7H10N2O2. The molecule has 1 aromatic rings. The van der Waals surface area contributed by atoms with Crippen LogP contribution in [0, 0.1) is 0 Å². The monoisotopic (exact) mass is 154 g/mol. The van der Waals surface area contributed by atoms with Crippen molar-refractivity contribution in [1.82, 2.24) is 5.16 Å². The smallest absolute Gasteiger partial charge is 0.170 e. The minimum absolute atomic E-state index is 0.519. The van der Waals surface area contributed by atoms with Crippen molar-refractivity contribution in [3.8, 4) is 0 Å². The highest BCUT2D eigenvalue weighted by Crippen LogP contribution is 2.19. The maximum absolute atomic E-state index is 5.57. The van der Waals surface area contributed by atoms with E-state index in [2.05, 4.69) is 5.16 Å². The first-order valence-electron chi connectivity index (χ1n) is 3.68. The molecule has 1 aliphatic rings. The van der Waals surface area contributed by atoms with E-state index in [0.717, 1.165) is 30.8 Å². The molecule has 1 aliphatic heterocycles. The summed E-state index contributed by atoms with van der Waals surface area (Å²) in [6, 6.07) is 0. The Balaban J connectivity index is 2.35. The second kappa shape index (κ2) is 2.54. The Labute approximate surface area is 64.3 Å². The van der Waals surface area contributed by atoms with Gasteiger partial charge in [0.1, 0.15) is 5.76 Å². The Morgan fingerprint density at radius 1 is 1.27 bits per heavy atom. The van der Waals surface area contributed by atoms with Crippen molar-refractivity contribution in [1.29, 1.82) is 0 Å². The Kier molecular flexibility index (Phi) is 1.54. The molecule has 2 heterocycles. The van der Waals surface area contributed by atoms with Crippen LogP contribution in [0.1, 0.15) is 11.3 Å². The van der Waals surface area contributed by atoms with Crippen LogP contribution in [-0.2, 0) is 17.6 Å². The molecule has 0 unspecified atom stereocenters. The van der Waals surface area contributed by atoms with Crippen molar-refractivity contribution in [2.75, 3.05) is 18.9 Å². The summed E-state index contributed by atoms with van der Waals surface area (Å²) in [4.78, 5) is 0. The summed E-state index contributed by atoms with van der Waals surface area (Å²) < 4.78 is 10.3. The van der Waals surface area contributed by atoms with Crippen LogP contribution in [0.4, 0.5) is 5.82 Å². The van der Waals surface area contributed by atoms with E-state index < -0.39 is 0 Å². The Morgan fingerprint density at radius 2 is 2.09 bits per heavy atom. The topological polar surface area (TPSA) is 61.3 Å². The van der Waals surface area contributed by atoms with E-state index in [9.17, 15) is 0 Å². The first-order valence-corrected chi connectivity index (χ1v) is 3.68. The molecule has 0 spiro atoms. The van der Waals surface area contributed by atoms with E-state index in [4.69, 9.17) is 15.0 Å². The minimum Gasteiger partial charge on any atom is -0.381 e. The highest BCUT2D eigenvalue weighted by atomic mass is 16.5. The molecule has 11 heavy (non-hydrogen) atoms. The molecule has 0 radical (unpaired) electrons. The second-order valence-corrected chi connectivity index (χ2v) is 2.58. The van der Waals surface area contributed by atoms with Gasteiger partial charge in [-0.1, -0.05) is 5.16 Å². The van der Waals surface area contributed by atoms with Gasteiger partial charge in [-0.2, -0.15) is 0 Å². The van der Waals surface area contributed by atoms with E-state index in [-0.39, 0.29) is 0 Å². The zero-order valence-corrected chi connectivity index (χ0v) is 6.17. The van der Waals surface area contributed by atoms with Gasteiger partial charge in [0.15, 0.2) is 5.82 Å². The summed E-state index contributed by atoms with van der Waals surface area (Å²) in [5, 5.41) is 3.69. The standard InChI is InChI=1S/C7H10N2O2/c8-7-5-1-3-10-4-2-6(5)11-9-7/h1-4H2,(H2,8,9). The van der Waals surface area contributed by atoms with E-state index in [1.54, 1.807) is 0 Å². The molecule has 0 aliphatic carbocycles. The lowest BCUT2D eigenvalue weighted by Gasteiger charge is -1.93. The van der Waals surface area contributed by atoms with E-state index >= 15 is 0 Å². The van der Waals surface area contributed by atoms with E-state index in [0.29, 0.717) is 12.4 Å². The molecule has 4 nitrogen and oxygen atoms in total. The third-order valence-electron chi connectivity index (χ3n) is 1.87. The predicted octanol–water partition coefficient (Wildman–Crippen LogP) is 0.372. The van der Waals surface area contributed by atoms with Crippen LogP contribution in [0.15, 0.2) is 4.52 Å². The van der Waals surface area contributed by atoms with Crippen molar-refractivity contribution in [3.63, 3.8) is 0 Å². The molecular weight excluding hydrogens is 144 g/mol. The number of aromatic nitrogens is 1. The van der Waals surface area contributed by atoms with Gasteiger partial charge in [0, 0.05) is 18.4 Å². The molecule has 0 aromatic carbocycles. The Bertz CT molecular complexity index is 257. The lowest BCUT2D eigenvalue weighted by atomic mass is 10.1. The molecule has 0 fully saturated rings. The summed E-state index contributed by atoms with van der Waals surface area (Å²) in [6.07, 6.45) is 1.62. The van der Waals surface area contributed by atoms with Crippen LogP contribution in [0.5, 0.6) is 0 Å². The maximum Gasteiger partial charge on any atom is 0.170 e. The van der Waals surface area contributed by atoms with Gasteiger partial charge in [-0.25, -0.2) is 0 Å². The zero-order chi connectivity index (χ0) is 7.68. The minimum atomic E-state index is 0.519. The average molecular weight is 154 g/mol. The van der Waals surface area contributed by atoms with Crippen molar-refractivity contribution in [2.45, 2.75) is 12.8 Å². The number of hydrogen-bond acceptors (Lipinski definition) is 4. The third-order valence-corrected chi connectivity index (χ3v) is 1.87. The Hall–Kier alpha value is -1.03. The molecule has 0 atom stereocenters. The lowest BCUT2D eigenvalue weighted by molar-refractivity contribution is 0.142. The number of nitrogens with two attached hydrogens (primary N) is 1. The largest absolute Gasteiger partial charge is 0.381 e. The molecule has 0 saturated carbocycles. The van der Waals surface area contributed by atoms with Gasteiger partial charge in [-0.15, -0.1) is 0 Å². The van der Waals surface area contributed by atoms with Gasteiger partial charge in [0.05, 0.1) is 13.2 Å². The summed E-state index contributed by atoms with van der Waals surface area (Å²) in [5.74, 6) is 1.41. The number of ether oxygens (including phenoxy) is 1. The molecule has 4 heteroatoms. The SMILES string of the molecule is Nc1noc2c1CCOCC2. The van der Waals surface area contributed by atoms with Gasteiger partial charge < -0.3 is 15.0 Å². The molecule has 2 rings (SSSR count). The van der Waals surface area contributed by atoms with E-state index in [1.807, 2.05) is 0 Å². The summed E-state index contributed by atoms with van der Waals surface area (Å²) in [6.45, 7) is 1.43. The van der Waals surface area contributed by atoms with Crippen LogP contribution in [0.25, 0.3) is 0 Å². The maximum atomic E-state index is 5.57. The van der Waals surface area contributed by atoms with Crippen LogP contribution in [-0.4, -0.2) is 18.4 Å². The number of hydrogen-bond donors (Lipinski definition) is 1. The molecule has 0 saturated heterocycles. The third kappa shape index (κ3) is 1.09. The summed E-state index contributed by atoms with van der Waals surface area (Å²) in [7, 11) is 0. The van der Waals surface area contributed by atoms with Crippen molar-refractivity contribution < 1.29 is 9.26 Å². The Morgan fingerprint density at radius 3 is 3.00 bits per heavy atom. The van der Waals surface area contributed by atoms with Crippen LogP contribution < -0.4 is 5.73 Å². The highest BCUT2D eigenvalue weighted by molar-refractivity contribution is 5.40. The number of fused-ring (bicyclic) bond motifs is 1. The first-order chi connectivity index (χ1) is 5.38.